The number of benzene rings is 1. The van der Waals surface area contributed by atoms with E-state index in [4.69, 9.17) is 0 Å². The second-order valence-electron chi connectivity index (χ2n) is 4.31. The molecule has 17 heavy (non-hydrogen) atoms. The minimum Gasteiger partial charge on any atom is -0.339 e. The number of halogens is 2. The van der Waals surface area contributed by atoms with E-state index in [1.165, 1.54) is 12.1 Å². The third kappa shape index (κ3) is 2.62. The fraction of sp³-hybridized carbons (Fsp3) is 0.462. The van der Waals surface area contributed by atoms with Gasteiger partial charge < -0.3 is 4.90 Å². The lowest BCUT2D eigenvalue weighted by Gasteiger charge is -2.20. The fourth-order valence-electron chi connectivity index (χ4n) is 2.11. The predicted molar refractivity (Wildman–Crippen MR) is 60.7 cm³/mol. The summed E-state index contributed by atoms with van der Waals surface area (Å²) in [6, 6.07) is 3.73. The molecule has 4 heteroatoms. The summed E-state index contributed by atoms with van der Waals surface area (Å²) < 4.78 is 26.5. The van der Waals surface area contributed by atoms with Crippen molar-refractivity contribution in [3.63, 3.8) is 0 Å². The van der Waals surface area contributed by atoms with Crippen LogP contribution in [0.3, 0.4) is 0 Å². The molecular formula is C13H15F2NO. The van der Waals surface area contributed by atoms with Crippen molar-refractivity contribution < 1.29 is 13.6 Å². The smallest absolute Gasteiger partial charge is 0.256 e. The van der Waals surface area contributed by atoms with Crippen LogP contribution in [0.15, 0.2) is 18.2 Å². The highest BCUT2D eigenvalue weighted by Gasteiger charge is 2.21. The van der Waals surface area contributed by atoms with Gasteiger partial charge in [-0.2, -0.15) is 0 Å². The molecule has 0 radical (unpaired) electrons. The molecule has 0 aromatic heterocycles. The van der Waals surface area contributed by atoms with Crippen molar-refractivity contribution in [2.45, 2.75) is 25.7 Å². The quantitative estimate of drug-likeness (QED) is 0.737. The maximum Gasteiger partial charge on any atom is 0.256 e. The Labute approximate surface area is 99.2 Å². The van der Waals surface area contributed by atoms with Gasteiger partial charge in [0.1, 0.15) is 0 Å². The van der Waals surface area contributed by atoms with Gasteiger partial charge in [-0.3, -0.25) is 4.79 Å². The minimum atomic E-state index is -1.04. The van der Waals surface area contributed by atoms with Crippen molar-refractivity contribution in [1.29, 1.82) is 0 Å². The lowest BCUT2D eigenvalue weighted by molar-refractivity contribution is 0.0756. The van der Waals surface area contributed by atoms with Crippen LogP contribution in [0.1, 0.15) is 36.0 Å². The molecule has 1 aliphatic heterocycles. The zero-order valence-corrected chi connectivity index (χ0v) is 9.59. The zero-order valence-electron chi connectivity index (χ0n) is 9.59. The van der Waals surface area contributed by atoms with Crippen molar-refractivity contribution >= 4 is 5.91 Å². The molecule has 0 aliphatic carbocycles. The predicted octanol–water partition coefficient (Wildman–Crippen LogP) is 2.98. The molecule has 1 saturated heterocycles. The standard InChI is InChI=1S/C13H15F2NO/c14-11-7-5-6-10(12(11)15)13(17)16-8-3-1-2-4-9-16/h5-7H,1-4,8-9H2. The first kappa shape index (κ1) is 12.0. The molecule has 1 amide bonds. The number of hydrogen-bond donors (Lipinski definition) is 0. The zero-order chi connectivity index (χ0) is 12.3. The van der Waals surface area contributed by atoms with Crippen LogP contribution in [0, 0.1) is 11.6 Å². The third-order valence-corrected chi connectivity index (χ3v) is 3.08. The molecule has 1 aliphatic rings. The normalized spacial score (nSPS) is 16.7. The van der Waals surface area contributed by atoms with Gasteiger partial charge in [-0.15, -0.1) is 0 Å². The topological polar surface area (TPSA) is 20.3 Å². The van der Waals surface area contributed by atoms with E-state index in [2.05, 4.69) is 0 Å². The summed E-state index contributed by atoms with van der Waals surface area (Å²) >= 11 is 0. The van der Waals surface area contributed by atoms with Crippen molar-refractivity contribution in [3.05, 3.63) is 35.4 Å². The van der Waals surface area contributed by atoms with Gasteiger partial charge in [0.25, 0.3) is 5.91 Å². The molecule has 0 bridgehead atoms. The summed E-state index contributed by atoms with van der Waals surface area (Å²) in [5.74, 6) is -2.41. The Kier molecular flexibility index (Phi) is 3.71. The molecule has 1 aromatic carbocycles. The first-order valence-corrected chi connectivity index (χ1v) is 5.93. The van der Waals surface area contributed by atoms with Gasteiger partial charge in [0.15, 0.2) is 11.6 Å². The van der Waals surface area contributed by atoms with E-state index in [-0.39, 0.29) is 5.56 Å². The van der Waals surface area contributed by atoms with Gasteiger partial charge >= 0.3 is 0 Å². The van der Waals surface area contributed by atoms with E-state index in [1.807, 2.05) is 0 Å². The Bertz CT molecular complexity index is 412. The molecule has 92 valence electrons. The summed E-state index contributed by atoms with van der Waals surface area (Å²) in [7, 11) is 0. The van der Waals surface area contributed by atoms with E-state index in [9.17, 15) is 13.6 Å². The van der Waals surface area contributed by atoms with Crippen LogP contribution in [0.4, 0.5) is 8.78 Å². The number of amides is 1. The Balaban J connectivity index is 2.20. The van der Waals surface area contributed by atoms with Crippen LogP contribution in [0.5, 0.6) is 0 Å². The van der Waals surface area contributed by atoms with E-state index >= 15 is 0 Å². The average molecular weight is 239 g/mol. The molecule has 1 heterocycles. The second kappa shape index (κ2) is 5.25. The molecule has 2 nitrogen and oxygen atoms in total. The number of carbonyl (C=O) groups excluding carboxylic acids is 1. The number of hydrogen-bond acceptors (Lipinski definition) is 1. The van der Waals surface area contributed by atoms with Crippen molar-refractivity contribution in [2.75, 3.05) is 13.1 Å². The fourth-order valence-corrected chi connectivity index (χ4v) is 2.11. The highest BCUT2D eigenvalue weighted by molar-refractivity contribution is 5.94. The van der Waals surface area contributed by atoms with Gasteiger partial charge in [0.2, 0.25) is 0 Å². The van der Waals surface area contributed by atoms with Crippen molar-refractivity contribution in [2.24, 2.45) is 0 Å². The summed E-state index contributed by atoms with van der Waals surface area (Å²) in [6.45, 7) is 1.27. The number of carbonyl (C=O) groups is 1. The van der Waals surface area contributed by atoms with Crippen molar-refractivity contribution in [1.82, 2.24) is 4.90 Å². The number of likely N-dealkylation sites (tertiary alicyclic amines) is 1. The first-order valence-electron chi connectivity index (χ1n) is 5.93. The number of rotatable bonds is 1. The molecule has 0 saturated carbocycles. The van der Waals surface area contributed by atoms with Gasteiger partial charge in [0, 0.05) is 13.1 Å². The van der Waals surface area contributed by atoms with Gasteiger partial charge in [-0.25, -0.2) is 8.78 Å². The first-order chi connectivity index (χ1) is 8.20. The van der Waals surface area contributed by atoms with E-state index < -0.39 is 17.5 Å². The Morgan fingerprint density at radius 1 is 1.06 bits per heavy atom. The Hall–Kier alpha value is -1.45. The lowest BCUT2D eigenvalue weighted by atomic mass is 10.1. The lowest BCUT2D eigenvalue weighted by Crippen LogP contribution is -2.32. The highest BCUT2D eigenvalue weighted by Crippen LogP contribution is 2.17. The van der Waals surface area contributed by atoms with Crippen LogP contribution in [-0.4, -0.2) is 23.9 Å². The maximum absolute atomic E-state index is 13.5. The van der Waals surface area contributed by atoms with Crippen LogP contribution in [0.25, 0.3) is 0 Å². The van der Waals surface area contributed by atoms with E-state index in [1.54, 1.807) is 4.90 Å². The molecule has 0 N–H and O–H groups in total. The van der Waals surface area contributed by atoms with Crippen molar-refractivity contribution in [3.8, 4) is 0 Å². The Morgan fingerprint density at radius 3 is 2.35 bits per heavy atom. The van der Waals surface area contributed by atoms with Crippen LogP contribution in [0.2, 0.25) is 0 Å². The number of nitrogens with zero attached hydrogens (tertiary/aromatic N) is 1. The average Bonchev–Trinajstić information content (AvgIpc) is 2.60. The molecule has 0 atom stereocenters. The third-order valence-electron chi connectivity index (χ3n) is 3.08. The molecule has 1 aromatic rings. The van der Waals surface area contributed by atoms with Crippen LogP contribution >= 0.6 is 0 Å². The minimum absolute atomic E-state index is 0.160. The molecular weight excluding hydrogens is 224 g/mol. The van der Waals surface area contributed by atoms with Gasteiger partial charge in [0.05, 0.1) is 5.56 Å². The summed E-state index contributed by atoms with van der Waals surface area (Å²) in [4.78, 5) is 13.7. The van der Waals surface area contributed by atoms with Gasteiger partial charge in [-0.1, -0.05) is 18.9 Å². The summed E-state index contributed by atoms with van der Waals surface area (Å²) in [5, 5.41) is 0. The SMILES string of the molecule is O=C(c1cccc(F)c1F)N1CCCCCC1. The molecule has 0 unspecified atom stereocenters. The van der Waals surface area contributed by atoms with Gasteiger partial charge in [-0.05, 0) is 25.0 Å². The van der Waals surface area contributed by atoms with E-state index in [0.717, 1.165) is 31.7 Å². The largest absolute Gasteiger partial charge is 0.339 e. The van der Waals surface area contributed by atoms with Crippen LogP contribution < -0.4 is 0 Å². The molecule has 2 rings (SSSR count). The highest BCUT2D eigenvalue weighted by atomic mass is 19.2. The summed E-state index contributed by atoms with van der Waals surface area (Å²) in [6.07, 6.45) is 4.05. The van der Waals surface area contributed by atoms with Crippen LogP contribution in [-0.2, 0) is 0 Å². The molecule has 0 spiro atoms. The van der Waals surface area contributed by atoms with E-state index in [0.29, 0.717) is 13.1 Å². The second-order valence-corrected chi connectivity index (χ2v) is 4.31. The molecule has 1 fully saturated rings. The summed E-state index contributed by atoms with van der Waals surface area (Å²) in [5.41, 5.74) is -0.160. The Morgan fingerprint density at radius 2 is 1.71 bits per heavy atom. The monoisotopic (exact) mass is 239 g/mol. The maximum atomic E-state index is 13.5.